The van der Waals surface area contributed by atoms with Crippen molar-refractivity contribution in [3.8, 4) is 11.3 Å². The molecule has 0 N–H and O–H groups in total. The summed E-state index contributed by atoms with van der Waals surface area (Å²) in [5.41, 5.74) is 2.60. The number of hydrogen-bond donors (Lipinski definition) is 0. The van der Waals surface area contributed by atoms with Gasteiger partial charge in [0.2, 0.25) is 0 Å². The van der Waals surface area contributed by atoms with Crippen molar-refractivity contribution < 1.29 is 13.2 Å². The minimum atomic E-state index is -4.31. The van der Waals surface area contributed by atoms with E-state index in [2.05, 4.69) is 4.98 Å². The van der Waals surface area contributed by atoms with Crippen molar-refractivity contribution in [2.24, 2.45) is 0 Å². The van der Waals surface area contributed by atoms with Gasteiger partial charge in [-0.25, -0.2) is 4.98 Å². The molecule has 1 nitrogen and oxygen atoms in total. The number of pyridine rings is 1. The van der Waals surface area contributed by atoms with Crippen LogP contribution in [0.1, 0.15) is 11.1 Å². The topological polar surface area (TPSA) is 12.9 Å². The molecule has 3 rings (SSSR count). The van der Waals surface area contributed by atoms with Gasteiger partial charge < -0.3 is 0 Å². The van der Waals surface area contributed by atoms with E-state index in [0.717, 1.165) is 28.6 Å². The third-order valence-electron chi connectivity index (χ3n) is 3.43. The van der Waals surface area contributed by atoms with Gasteiger partial charge in [-0.05, 0) is 36.8 Å². The van der Waals surface area contributed by atoms with Crippen LogP contribution in [0.3, 0.4) is 0 Å². The fraction of sp³-hybridized carbons (Fsp3) is 0.118. The van der Waals surface area contributed by atoms with Gasteiger partial charge in [0.05, 0.1) is 16.8 Å². The lowest BCUT2D eigenvalue weighted by Gasteiger charge is -2.09. The van der Waals surface area contributed by atoms with Gasteiger partial charge in [-0.3, -0.25) is 0 Å². The first-order valence-corrected chi connectivity index (χ1v) is 6.49. The van der Waals surface area contributed by atoms with Crippen LogP contribution in [0.5, 0.6) is 0 Å². The predicted molar refractivity (Wildman–Crippen MR) is 76.9 cm³/mol. The van der Waals surface area contributed by atoms with Crippen LogP contribution in [-0.4, -0.2) is 4.98 Å². The first kappa shape index (κ1) is 13.6. The first-order valence-electron chi connectivity index (χ1n) is 6.49. The fourth-order valence-corrected chi connectivity index (χ4v) is 2.33. The molecule has 0 saturated carbocycles. The molecule has 0 spiro atoms. The highest BCUT2D eigenvalue weighted by Crippen LogP contribution is 2.31. The number of fused-ring (bicyclic) bond motifs is 1. The van der Waals surface area contributed by atoms with E-state index < -0.39 is 11.7 Å². The second-order valence-electron chi connectivity index (χ2n) is 4.92. The quantitative estimate of drug-likeness (QED) is 0.597. The van der Waals surface area contributed by atoms with Gasteiger partial charge in [-0.1, -0.05) is 30.3 Å². The zero-order chi connectivity index (χ0) is 15.0. The van der Waals surface area contributed by atoms with Crippen molar-refractivity contribution >= 4 is 10.9 Å². The normalized spacial score (nSPS) is 11.8. The summed E-state index contributed by atoms with van der Waals surface area (Å²) in [5, 5.41) is 1.05. The number of aryl methyl sites for hydroxylation is 1. The van der Waals surface area contributed by atoms with Crippen molar-refractivity contribution in [1.82, 2.24) is 4.98 Å². The predicted octanol–water partition coefficient (Wildman–Crippen LogP) is 5.23. The summed E-state index contributed by atoms with van der Waals surface area (Å²) < 4.78 is 37.7. The van der Waals surface area contributed by atoms with Crippen LogP contribution >= 0.6 is 0 Å². The molecule has 0 bridgehead atoms. The molecule has 0 aliphatic heterocycles. The van der Waals surface area contributed by atoms with Crippen LogP contribution in [0, 0.1) is 6.92 Å². The van der Waals surface area contributed by atoms with Crippen molar-refractivity contribution in [1.29, 1.82) is 0 Å². The SMILES string of the molecule is Cc1cc(-c2ccc(C(F)(F)F)cc2)nc2ccccc12. The smallest absolute Gasteiger partial charge is 0.248 e. The highest BCUT2D eigenvalue weighted by Gasteiger charge is 2.30. The Bertz CT molecular complexity index is 789. The summed E-state index contributed by atoms with van der Waals surface area (Å²) >= 11 is 0. The van der Waals surface area contributed by atoms with Crippen molar-refractivity contribution in [3.05, 3.63) is 65.7 Å². The highest BCUT2D eigenvalue weighted by molar-refractivity contribution is 5.84. The molecular formula is C17H12F3N. The monoisotopic (exact) mass is 287 g/mol. The Kier molecular flexibility index (Phi) is 3.16. The third kappa shape index (κ3) is 2.61. The van der Waals surface area contributed by atoms with E-state index in [-0.39, 0.29) is 0 Å². The van der Waals surface area contributed by atoms with Crippen molar-refractivity contribution in [2.45, 2.75) is 13.1 Å². The maximum Gasteiger partial charge on any atom is 0.416 e. The molecule has 3 aromatic rings. The fourth-order valence-electron chi connectivity index (χ4n) is 2.33. The lowest BCUT2D eigenvalue weighted by molar-refractivity contribution is -0.137. The molecule has 2 aromatic carbocycles. The number of hydrogen-bond acceptors (Lipinski definition) is 1. The Labute approximate surface area is 120 Å². The summed E-state index contributed by atoms with van der Waals surface area (Å²) in [6.45, 7) is 1.97. The number of alkyl halides is 3. The molecule has 0 unspecified atom stereocenters. The molecule has 0 saturated heterocycles. The van der Waals surface area contributed by atoms with E-state index >= 15 is 0 Å². The molecular weight excluding hydrogens is 275 g/mol. The van der Waals surface area contributed by atoms with Crippen LogP contribution in [0.4, 0.5) is 13.2 Å². The lowest BCUT2D eigenvalue weighted by Crippen LogP contribution is -2.04. The van der Waals surface area contributed by atoms with E-state index in [0.29, 0.717) is 11.3 Å². The summed E-state index contributed by atoms with van der Waals surface area (Å²) in [4.78, 5) is 4.52. The van der Waals surface area contributed by atoms with Crippen LogP contribution in [0.2, 0.25) is 0 Å². The molecule has 21 heavy (non-hydrogen) atoms. The second kappa shape index (κ2) is 4.88. The van der Waals surface area contributed by atoms with Crippen molar-refractivity contribution in [2.75, 3.05) is 0 Å². The minimum absolute atomic E-state index is 0.649. The number of benzene rings is 2. The zero-order valence-electron chi connectivity index (χ0n) is 11.3. The molecule has 0 fully saturated rings. The summed E-state index contributed by atoms with van der Waals surface area (Å²) in [5.74, 6) is 0. The van der Waals surface area contributed by atoms with Crippen LogP contribution in [0.25, 0.3) is 22.2 Å². The molecule has 0 radical (unpaired) electrons. The van der Waals surface area contributed by atoms with E-state index in [1.165, 1.54) is 12.1 Å². The largest absolute Gasteiger partial charge is 0.416 e. The van der Waals surface area contributed by atoms with Crippen LogP contribution in [-0.2, 0) is 6.18 Å². The second-order valence-corrected chi connectivity index (χ2v) is 4.92. The number of halogens is 3. The van der Waals surface area contributed by atoms with Crippen LogP contribution < -0.4 is 0 Å². The Morgan fingerprint density at radius 1 is 0.905 bits per heavy atom. The highest BCUT2D eigenvalue weighted by atomic mass is 19.4. The van der Waals surface area contributed by atoms with Gasteiger partial charge in [0.25, 0.3) is 0 Å². The van der Waals surface area contributed by atoms with Gasteiger partial charge >= 0.3 is 6.18 Å². The maximum atomic E-state index is 12.6. The average molecular weight is 287 g/mol. The minimum Gasteiger partial charge on any atom is -0.248 e. The molecule has 0 aliphatic rings. The Morgan fingerprint density at radius 3 is 2.24 bits per heavy atom. The van der Waals surface area contributed by atoms with Gasteiger partial charge in [0, 0.05) is 10.9 Å². The summed E-state index contributed by atoms with van der Waals surface area (Å²) in [7, 11) is 0. The number of aromatic nitrogens is 1. The molecule has 0 atom stereocenters. The molecule has 0 aliphatic carbocycles. The summed E-state index contributed by atoms with van der Waals surface area (Å²) in [6, 6.07) is 14.7. The number of para-hydroxylation sites is 1. The van der Waals surface area contributed by atoms with E-state index in [9.17, 15) is 13.2 Å². The standard InChI is InChI=1S/C17H12F3N/c1-11-10-16(21-15-5-3-2-4-14(11)15)12-6-8-13(9-7-12)17(18,19)20/h2-10H,1H3. The Balaban J connectivity index is 2.08. The van der Waals surface area contributed by atoms with Gasteiger partial charge in [-0.2, -0.15) is 13.2 Å². The number of nitrogens with zero attached hydrogens (tertiary/aromatic N) is 1. The third-order valence-corrected chi connectivity index (χ3v) is 3.43. The van der Waals surface area contributed by atoms with Crippen LogP contribution in [0.15, 0.2) is 54.6 Å². The first-order chi connectivity index (χ1) is 9.95. The Morgan fingerprint density at radius 2 is 1.57 bits per heavy atom. The van der Waals surface area contributed by atoms with Crippen molar-refractivity contribution in [3.63, 3.8) is 0 Å². The lowest BCUT2D eigenvalue weighted by atomic mass is 10.0. The number of rotatable bonds is 1. The van der Waals surface area contributed by atoms with Gasteiger partial charge in [0.1, 0.15) is 0 Å². The van der Waals surface area contributed by atoms with Gasteiger partial charge in [-0.15, -0.1) is 0 Å². The average Bonchev–Trinajstić information content (AvgIpc) is 2.46. The summed E-state index contributed by atoms with van der Waals surface area (Å²) in [6.07, 6.45) is -4.31. The molecule has 0 amide bonds. The molecule has 4 heteroatoms. The van der Waals surface area contributed by atoms with E-state index in [1.54, 1.807) is 0 Å². The maximum absolute atomic E-state index is 12.6. The van der Waals surface area contributed by atoms with E-state index in [4.69, 9.17) is 0 Å². The zero-order valence-corrected chi connectivity index (χ0v) is 11.3. The molecule has 106 valence electrons. The molecule has 1 aromatic heterocycles. The van der Waals surface area contributed by atoms with Gasteiger partial charge in [0.15, 0.2) is 0 Å². The Hall–Kier alpha value is -2.36. The van der Waals surface area contributed by atoms with E-state index in [1.807, 2.05) is 37.3 Å². The molecule has 1 heterocycles.